The van der Waals surface area contributed by atoms with Crippen LogP contribution in [0.25, 0.3) is 22.3 Å². The molecule has 0 unspecified atom stereocenters. The molecule has 2 aliphatic heterocycles. The molecule has 0 amide bonds. The maximum atomic E-state index is 13.2. The Balaban J connectivity index is 1.77. The Morgan fingerprint density at radius 2 is 2.13 bits per heavy atom. The lowest BCUT2D eigenvalue weighted by Gasteiger charge is -2.31. The van der Waals surface area contributed by atoms with E-state index in [2.05, 4.69) is 4.98 Å². The molecule has 2 aromatic heterocycles. The van der Waals surface area contributed by atoms with Crippen LogP contribution in [0.5, 0.6) is 5.75 Å². The molecule has 4 heterocycles. The van der Waals surface area contributed by atoms with Crippen LogP contribution in [0.15, 0.2) is 29.1 Å². The van der Waals surface area contributed by atoms with Crippen molar-refractivity contribution in [3.8, 4) is 17.1 Å². The van der Waals surface area contributed by atoms with Gasteiger partial charge < -0.3 is 19.1 Å². The van der Waals surface area contributed by atoms with Gasteiger partial charge in [0, 0.05) is 23.4 Å². The average Bonchev–Trinajstić information content (AvgIpc) is 3.10. The second-order valence-corrected chi connectivity index (χ2v) is 8.04. The first kappa shape index (κ1) is 19.7. The summed E-state index contributed by atoms with van der Waals surface area (Å²) in [6.45, 7) is 3.00. The third-order valence-corrected chi connectivity index (χ3v) is 6.15. The Bertz CT molecular complexity index is 1380. The van der Waals surface area contributed by atoms with Gasteiger partial charge in [0.1, 0.15) is 12.4 Å². The van der Waals surface area contributed by atoms with Crippen molar-refractivity contribution in [1.82, 2.24) is 9.55 Å². The number of ether oxygens (including phenoxy) is 2. The molecule has 31 heavy (non-hydrogen) atoms. The molecule has 158 valence electrons. The van der Waals surface area contributed by atoms with Crippen LogP contribution in [0.3, 0.4) is 0 Å². The van der Waals surface area contributed by atoms with Gasteiger partial charge in [0.2, 0.25) is 0 Å². The third kappa shape index (κ3) is 2.72. The minimum Gasteiger partial charge on any atom is -0.458 e. The first-order valence-electron chi connectivity index (χ1n) is 9.72. The number of aromatic nitrogens is 2. The molecule has 8 nitrogen and oxygen atoms in total. The fraction of sp³-hybridized carbons (Fsp3) is 0.273. The number of cyclic esters (lactones) is 1. The highest BCUT2D eigenvalue weighted by molar-refractivity contribution is 6.35. The summed E-state index contributed by atoms with van der Waals surface area (Å²) in [4.78, 5) is 41.6. The molecule has 2 aliphatic rings. The summed E-state index contributed by atoms with van der Waals surface area (Å²) in [5, 5.41) is 11.8. The molecular formula is C22H17ClN2O6. The number of esters is 2. The van der Waals surface area contributed by atoms with Gasteiger partial charge in [-0.15, -0.1) is 0 Å². The number of hydrogen-bond donors (Lipinski definition) is 1. The Kier molecular flexibility index (Phi) is 4.22. The lowest BCUT2D eigenvalue weighted by Crippen LogP contribution is -2.44. The summed E-state index contributed by atoms with van der Waals surface area (Å²) in [7, 11) is 0. The predicted octanol–water partition coefficient (Wildman–Crippen LogP) is 2.66. The topological polar surface area (TPSA) is 108 Å². The number of fused-ring (bicyclic) bond motifs is 5. The number of pyridine rings is 2. The van der Waals surface area contributed by atoms with Crippen molar-refractivity contribution in [3.63, 3.8) is 0 Å². The average molecular weight is 441 g/mol. The maximum Gasteiger partial charge on any atom is 0.343 e. The molecule has 0 saturated carbocycles. The second-order valence-electron chi connectivity index (χ2n) is 7.63. The third-order valence-electron chi connectivity index (χ3n) is 5.84. The predicted molar refractivity (Wildman–Crippen MR) is 111 cm³/mol. The van der Waals surface area contributed by atoms with Crippen molar-refractivity contribution in [2.45, 2.75) is 39.0 Å². The number of benzene rings is 1. The van der Waals surface area contributed by atoms with E-state index in [4.69, 9.17) is 21.1 Å². The van der Waals surface area contributed by atoms with E-state index in [1.807, 2.05) is 0 Å². The molecule has 1 N–H and O–H groups in total. The fourth-order valence-electron chi connectivity index (χ4n) is 4.25. The molecule has 5 rings (SSSR count). The highest BCUT2D eigenvalue weighted by Crippen LogP contribution is 2.40. The number of carbonyl (C=O) groups is 2. The number of rotatable bonds is 2. The van der Waals surface area contributed by atoms with Crippen LogP contribution in [-0.2, 0) is 33.1 Å². The first-order valence-corrected chi connectivity index (χ1v) is 10.1. The van der Waals surface area contributed by atoms with E-state index in [1.54, 1.807) is 31.2 Å². The summed E-state index contributed by atoms with van der Waals surface area (Å²) in [5.41, 5.74) is 0.420. The van der Waals surface area contributed by atoms with Gasteiger partial charge in [-0.3, -0.25) is 9.59 Å². The quantitative estimate of drug-likeness (QED) is 0.377. The van der Waals surface area contributed by atoms with Crippen LogP contribution >= 0.6 is 11.6 Å². The Hall–Kier alpha value is -3.23. The van der Waals surface area contributed by atoms with Crippen molar-refractivity contribution >= 4 is 34.4 Å². The SMILES string of the molecule is CC[C@@]1(O)C(=O)OCc2c1cc1n(c2=O)Cc2cc3c(OC(C)=O)ccc(Cl)c3nc2-1. The maximum absolute atomic E-state index is 13.2. The van der Waals surface area contributed by atoms with Crippen LogP contribution < -0.4 is 10.3 Å². The molecule has 0 spiro atoms. The van der Waals surface area contributed by atoms with E-state index < -0.39 is 17.5 Å². The summed E-state index contributed by atoms with van der Waals surface area (Å²) >= 11 is 6.36. The zero-order chi connectivity index (χ0) is 22.1. The normalized spacial score (nSPS) is 18.9. The minimum absolute atomic E-state index is 0.0668. The van der Waals surface area contributed by atoms with Crippen LogP contribution in [0.2, 0.25) is 5.02 Å². The number of aliphatic hydroxyl groups is 1. The minimum atomic E-state index is -1.89. The molecule has 1 atom stereocenters. The summed E-state index contributed by atoms with van der Waals surface area (Å²) in [5.74, 6) is -0.922. The standard InChI is InChI=1S/C22H17ClN2O6/c1-3-22(29)14-7-16-18-11(8-25(16)20(27)13(14)9-30-21(22)28)6-12-17(31-10(2)26)5-4-15(23)19(12)24-18/h4-7,29H,3,8-9H2,1-2H3/t22-/m0/s1. The van der Waals surface area contributed by atoms with Gasteiger partial charge in [0.25, 0.3) is 5.56 Å². The van der Waals surface area contributed by atoms with E-state index >= 15 is 0 Å². The van der Waals surface area contributed by atoms with Crippen LogP contribution in [0.4, 0.5) is 0 Å². The highest BCUT2D eigenvalue weighted by Gasteiger charge is 2.45. The van der Waals surface area contributed by atoms with Crippen molar-refractivity contribution in [2.75, 3.05) is 0 Å². The van der Waals surface area contributed by atoms with Gasteiger partial charge in [-0.1, -0.05) is 18.5 Å². The van der Waals surface area contributed by atoms with E-state index in [0.717, 1.165) is 5.56 Å². The smallest absolute Gasteiger partial charge is 0.343 e. The molecule has 9 heteroatoms. The molecule has 0 bridgehead atoms. The van der Waals surface area contributed by atoms with E-state index in [0.29, 0.717) is 33.1 Å². The summed E-state index contributed by atoms with van der Waals surface area (Å²) in [6.07, 6.45) is 0.0668. The van der Waals surface area contributed by atoms with Gasteiger partial charge in [-0.2, -0.15) is 0 Å². The number of hydrogen-bond acceptors (Lipinski definition) is 7. The van der Waals surface area contributed by atoms with Gasteiger partial charge >= 0.3 is 11.9 Å². The van der Waals surface area contributed by atoms with E-state index in [9.17, 15) is 19.5 Å². The van der Waals surface area contributed by atoms with E-state index in [1.165, 1.54) is 11.5 Å². The number of carbonyl (C=O) groups excluding carboxylic acids is 2. The number of nitrogens with zero attached hydrogens (tertiary/aromatic N) is 2. The zero-order valence-corrected chi connectivity index (χ0v) is 17.4. The summed E-state index contributed by atoms with van der Waals surface area (Å²) < 4.78 is 11.9. The zero-order valence-electron chi connectivity index (χ0n) is 16.7. The Morgan fingerprint density at radius 1 is 1.35 bits per heavy atom. The van der Waals surface area contributed by atoms with Crippen molar-refractivity contribution in [3.05, 3.63) is 56.3 Å². The lowest BCUT2D eigenvalue weighted by molar-refractivity contribution is -0.172. The van der Waals surface area contributed by atoms with Crippen LogP contribution in [0, 0.1) is 0 Å². The molecule has 0 aliphatic carbocycles. The van der Waals surface area contributed by atoms with Gasteiger partial charge in [0.05, 0.1) is 34.0 Å². The molecule has 0 fully saturated rings. The molecule has 0 radical (unpaired) electrons. The molecular weight excluding hydrogens is 424 g/mol. The number of halogens is 1. The molecule has 0 saturated heterocycles. The van der Waals surface area contributed by atoms with Crippen molar-refractivity contribution in [1.29, 1.82) is 0 Å². The first-order chi connectivity index (χ1) is 14.7. The lowest BCUT2D eigenvalue weighted by atomic mass is 9.86. The van der Waals surface area contributed by atoms with E-state index in [-0.39, 0.29) is 36.3 Å². The van der Waals surface area contributed by atoms with Gasteiger partial charge in [-0.25, -0.2) is 9.78 Å². The van der Waals surface area contributed by atoms with Crippen LogP contribution in [-0.4, -0.2) is 26.6 Å². The monoisotopic (exact) mass is 440 g/mol. The molecule has 3 aromatic rings. The Labute approximate surface area is 181 Å². The highest BCUT2D eigenvalue weighted by atomic mass is 35.5. The van der Waals surface area contributed by atoms with Crippen LogP contribution in [0.1, 0.15) is 37.0 Å². The van der Waals surface area contributed by atoms with Gasteiger partial charge in [-0.05, 0) is 30.7 Å². The van der Waals surface area contributed by atoms with Crippen molar-refractivity contribution in [2.24, 2.45) is 0 Å². The Morgan fingerprint density at radius 3 is 2.84 bits per heavy atom. The second kappa shape index (κ2) is 6.63. The van der Waals surface area contributed by atoms with Gasteiger partial charge in [0.15, 0.2) is 5.60 Å². The van der Waals surface area contributed by atoms with Crippen molar-refractivity contribution < 1.29 is 24.2 Å². The fourth-order valence-corrected chi connectivity index (χ4v) is 4.46. The summed E-state index contributed by atoms with van der Waals surface area (Å²) in [6, 6.07) is 6.61. The molecule has 1 aromatic carbocycles. The largest absolute Gasteiger partial charge is 0.458 e.